The molecule has 1 aliphatic rings. The van der Waals surface area contributed by atoms with Crippen LogP contribution in [0.2, 0.25) is 0 Å². The molecule has 1 aliphatic carbocycles. The summed E-state index contributed by atoms with van der Waals surface area (Å²) >= 11 is 0. The molecule has 0 aromatic carbocycles. The Hall–Kier alpha value is -1.14. The van der Waals surface area contributed by atoms with Crippen LogP contribution in [0.15, 0.2) is 0 Å². The number of methoxy groups -OCH3 is 1. The molecule has 0 spiro atoms. The third-order valence-electron chi connectivity index (χ3n) is 3.84. The van der Waals surface area contributed by atoms with Gasteiger partial charge in [-0.15, -0.1) is 0 Å². The Kier molecular flexibility index (Phi) is 5.75. The summed E-state index contributed by atoms with van der Waals surface area (Å²) in [7, 11) is 3.10. The van der Waals surface area contributed by atoms with Crippen molar-refractivity contribution in [3.63, 3.8) is 0 Å². The fourth-order valence-corrected chi connectivity index (χ4v) is 2.65. The van der Waals surface area contributed by atoms with Crippen LogP contribution in [0.25, 0.3) is 0 Å². The third-order valence-corrected chi connectivity index (χ3v) is 3.84. The normalized spacial score (nSPS) is 19.5. The van der Waals surface area contributed by atoms with E-state index in [1.807, 2.05) is 6.92 Å². The fraction of sp³-hybridized carbons (Fsp3) is 0.846. The number of primary amides is 1. The molecular formula is C13H25N3O3. The second kappa shape index (κ2) is 6.86. The third kappa shape index (κ3) is 3.67. The molecule has 1 fully saturated rings. The van der Waals surface area contributed by atoms with E-state index in [1.165, 1.54) is 7.11 Å². The first-order chi connectivity index (χ1) is 9.01. The summed E-state index contributed by atoms with van der Waals surface area (Å²) in [4.78, 5) is 23.4. The van der Waals surface area contributed by atoms with Gasteiger partial charge in [0.15, 0.2) is 0 Å². The number of carbonyl (C=O) groups is 2. The van der Waals surface area contributed by atoms with Gasteiger partial charge in [-0.2, -0.15) is 0 Å². The van der Waals surface area contributed by atoms with Crippen molar-refractivity contribution in [1.29, 1.82) is 0 Å². The Morgan fingerprint density at radius 3 is 2.47 bits per heavy atom. The highest BCUT2D eigenvalue weighted by molar-refractivity contribution is 5.82. The highest BCUT2D eigenvalue weighted by Crippen LogP contribution is 2.43. The number of nitrogens with one attached hydrogen (secondary N) is 2. The zero-order chi connectivity index (χ0) is 14.5. The van der Waals surface area contributed by atoms with Crippen LogP contribution in [0.4, 0.5) is 0 Å². The number of carbonyl (C=O) groups excluding carboxylic acids is 2. The predicted molar refractivity (Wildman–Crippen MR) is 72.4 cm³/mol. The number of amides is 1. The van der Waals surface area contributed by atoms with Crippen LogP contribution in [-0.4, -0.2) is 44.2 Å². The zero-order valence-corrected chi connectivity index (χ0v) is 12.0. The molecule has 2 atom stereocenters. The van der Waals surface area contributed by atoms with Gasteiger partial charge in [0, 0.05) is 0 Å². The van der Waals surface area contributed by atoms with Crippen molar-refractivity contribution >= 4 is 11.9 Å². The Morgan fingerprint density at radius 2 is 2.11 bits per heavy atom. The minimum Gasteiger partial charge on any atom is -0.468 e. The highest BCUT2D eigenvalue weighted by atomic mass is 16.5. The van der Waals surface area contributed by atoms with Crippen molar-refractivity contribution in [2.45, 2.75) is 44.2 Å². The summed E-state index contributed by atoms with van der Waals surface area (Å²) in [5.74, 6) is -0.338. The molecule has 0 bridgehead atoms. The molecule has 0 heterocycles. The van der Waals surface area contributed by atoms with Crippen LogP contribution < -0.4 is 16.4 Å². The van der Waals surface area contributed by atoms with Gasteiger partial charge in [-0.1, -0.05) is 6.92 Å². The van der Waals surface area contributed by atoms with E-state index in [0.29, 0.717) is 25.3 Å². The van der Waals surface area contributed by atoms with Gasteiger partial charge in [0.25, 0.3) is 0 Å². The van der Waals surface area contributed by atoms with Crippen LogP contribution in [0.5, 0.6) is 0 Å². The van der Waals surface area contributed by atoms with Gasteiger partial charge in [-0.05, 0) is 45.2 Å². The summed E-state index contributed by atoms with van der Waals surface area (Å²) < 4.78 is 4.96. The van der Waals surface area contributed by atoms with E-state index in [-0.39, 0.29) is 5.97 Å². The number of likely N-dealkylation sites (N-methyl/N-ethyl adjacent to an activating group) is 2. The number of nitrogens with two attached hydrogens (primary N) is 1. The lowest BCUT2D eigenvalue weighted by molar-refractivity contribution is -0.150. The number of esters is 1. The van der Waals surface area contributed by atoms with E-state index < -0.39 is 17.5 Å². The van der Waals surface area contributed by atoms with Crippen LogP contribution in [0.3, 0.4) is 0 Å². The Labute approximate surface area is 114 Å². The van der Waals surface area contributed by atoms with Crippen molar-refractivity contribution < 1.29 is 14.3 Å². The van der Waals surface area contributed by atoms with Crippen LogP contribution in [0, 0.1) is 5.92 Å². The summed E-state index contributed by atoms with van der Waals surface area (Å²) in [6.45, 7) is 2.65. The lowest BCUT2D eigenvalue weighted by Crippen LogP contribution is -2.55. The summed E-state index contributed by atoms with van der Waals surface area (Å²) in [6.07, 6.45) is 3.10. The lowest BCUT2D eigenvalue weighted by atomic mass is 9.86. The van der Waals surface area contributed by atoms with Crippen molar-refractivity contribution in [2.75, 3.05) is 20.7 Å². The van der Waals surface area contributed by atoms with Crippen molar-refractivity contribution in [3.05, 3.63) is 0 Å². The second-order valence-corrected chi connectivity index (χ2v) is 5.05. The van der Waals surface area contributed by atoms with E-state index in [9.17, 15) is 9.59 Å². The van der Waals surface area contributed by atoms with Crippen molar-refractivity contribution in [1.82, 2.24) is 10.6 Å². The Morgan fingerprint density at radius 1 is 1.47 bits per heavy atom. The largest absolute Gasteiger partial charge is 0.468 e. The van der Waals surface area contributed by atoms with Crippen LogP contribution in [-0.2, 0) is 14.3 Å². The van der Waals surface area contributed by atoms with E-state index in [4.69, 9.17) is 10.5 Å². The van der Waals surface area contributed by atoms with Crippen molar-refractivity contribution in [3.8, 4) is 0 Å². The Bertz CT molecular complexity index is 331. The second-order valence-electron chi connectivity index (χ2n) is 5.05. The van der Waals surface area contributed by atoms with Gasteiger partial charge in [0.05, 0.1) is 13.2 Å². The molecule has 0 saturated heterocycles. The number of hydrogen-bond donors (Lipinski definition) is 3. The molecule has 0 aliphatic heterocycles. The highest BCUT2D eigenvalue weighted by Gasteiger charge is 2.51. The minimum atomic E-state index is -0.673. The smallest absolute Gasteiger partial charge is 0.326 e. The van der Waals surface area contributed by atoms with E-state index >= 15 is 0 Å². The average molecular weight is 271 g/mol. The maximum atomic E-state index is 12.2. The summed E-state index contributed by atoms with van der Waals surface area (Å²) in [6, 6.07) is -0.415. The van der Waals surface area contributed by atoms with Gasteiger partial charge < -0.3 is 21.1 Å². The molecule has 1 saturated carbocycles. The lowest BCUT2D eigenvalue weighted by Gasteiger charge is -2.33. The first-order valence-corrected chi connectivity index (χ1v) is 6.81. The van der Waals surface area contributed by atoms with E-state index in [1.54, 1.807) is 7.05 Å². The molecular weight excluding hydrogens is 246 g/mol. The summed E-state index contributed by atoms with van der Waals surface area (Å²) in [5.41, 5.74) is 4.64. The SMILES string of the molecule is CCNC(CCC(NC)C(N)=O)(C(=O)OC)C1CC1. The monoisotopic (exact) mass is 271 g/mol. The standard InChI is InChI=1S/C13H25N3O3/c1-4-16-13(9-5-6-9,12(18)19-3)8-7-10(15-2)11(14)17/h9-10,15-16H,4-8H2,1-3H3,(H2,14,17). The van der Waals surface area contributed by atoms with E-state index in [2.05, 4.69) is 10.6 Å². The van der Waals surface area contributed by atoms with Gasteiger partial charge in [-0.25, -0.2) is 0 Å². The number of ether oxygens (including phenoxy) is 1. The van der Waals surface area contributed by atoms with Gasteiger partial charge in [-0.3, -0.25) is 9.59 Å². The molecule has 1 amide bonds. The molecule has 4 N–H and O–H groups in total. The quantitative estimate of drug-likeness (QED) is 0.504. The summed E-state index contributed by atoms with van der Waals surface area (Å²) in [5, 5.41) is 6.15. The van der Waals surface area contributed by atoms with E-state index in [0.717, 1.165) is 12.8 Å². The maximum Gasteiger partial charge on any atom is 0.326 e. The molecule has 0 radical (unpaired) electrons. The van der Waals surface area contributed by atoms with Gasteiger partial charge in [0.1, 0.15) is 5.54 Å². The topological polar surface area (TPSA) is 93.5 Å². The average Bonchev–Trinajstić information content (AvgIpc) is 3.21. The maximum absolute atomic E-state index is 12.2. The molecule has 19 heavy (non-hydrogen) atoms. The molecule has 6 heteroatoms. The molecule has 0 aromatic rings. The number of rotatable bonds is 9. The van der Waals surface area contributed by atoms with Gasteiger partial charge >= 0.3 is 5.97 Å². The van der Waals surface area contributed by atoms with Crippen molar-refractivity contribution in [2.24, 2.45) is 11.7 Å². The predicted octanol–water partition coefficient (Wildman–Crippen LogP) is -0.229. The molecule has 110 valence electrons. The molecule has 2 unspecified atom stereocenters. The first kappa shape index (κ1) is 15.9. The zero-order valence-electron chi connectivity index (χ0n) is 12.0. The minimum absolute atomic E-state index is 0.240. The van der Waals surface area contributed by atoms with Gasteiger partial charge in [0.2, 0.25) is 5.91 Å². The molecule has 6 nitrogen and oxygen atoms in total. The fourth-order valence-electron chi connectivity index (χ4n) is 2.65. The van der Waals surface area contributed by atoms with Crippen LogP contribution >= 0.6 is 0 Å². The molecule has 0 aromatic heterocycles. The van der Waals surface area contributed by atoms with Crippen LogP contribution in [0.1, 0.15) is 32.6 Å². The first-order valence-electron chi connectivity index (χ1n) is 6.81. The molecule has 1 rings (SSSR count). The Balaban J connectivity index is 2.78. The number of hydrogen-bond acceptors (Lipinski definition) is 5.